The highest BCUT2D eigenvalue weighted by Crippen LogP contribution is 2.40. The van der Waals surface area contributed by atoms with Crippen molar-refractivity contribution in [2.45, 2.75) is 62.0 Å². The maximum absolute atomic E-state index is 13.0. The van der Waals surface area contributed by atoms with Gasteiger partial charge < -0.3 is 0 Å². The Morgan fingerprint density at radius 2 is 1.81 bits per heavy atom. The minimum Gasteiger partial charge on any atom is -0.261 e. The number of nitrogens with one attached hydrogen (secondary N) is 1. The quantitative estimate of drug-likeness (QED) is 0.498. The number of aromatic nitrogens is 2. The molecule has 1 fully saturated rings. The lowest BCUT2D eigenvalue weighted by Gasteiger charge is -2.22. The molecule has 1 N–H and O–H groups in total. The molecule has 2 aliphatic heterocycles. The summed E-state index contributed by atoms with van der Waals surface area (Å²) in [5, 5.41) is 0. The summed E-state index contributed by atoms with van der Waals surface area (Å²) in [6, 6.07) is 6.62. The second-order valence-corrected chi connectivity index (χ2v) is 12.4. The lowest BCUT2D eigenvalue weighted by Crippen LogP contribution is -2.17. The van der Waals surface area contributed by atoms with Gasteiger partial charge in [-0.05, 0) is 51.7 Å². The van der Waals surface area contributed by atoms with Gasteiger partial charge in [-0.1, -0.05) is 37.0 Å². The Morgan fingerprint density at radius 1 is 1.13 bits per heavy atom. The number of nitrogens with zero attached hydrogens (tertiary/aromatic N) is 2. The standard InChI is InChI=1S/C22H27N3O3S3/c1-14-9-11-18(12-10-14)31(27,28)24-20-19-21(29-13-17-7-5-4-6-8-17)30-16(3)15(2)25(19)22(26)23-20/h9-12,17H,4-8,13H2,1-3H3,(H,23,24,26). The average molecular weight is 478 g/mol. The number of benzene rings is 1. The summed E-state index contributed by atoms with van der Waals surface area (Å²) in [4.78, 5) is 18.0. The molecule has 1 aromatic carbocycles. The lowest BCUT2D eigenvalue weighted by molar-refractivity contribution is 0.391. The normalized spacial score (nSPS) is 15.5. The monoisotopic (exact) mass is 477 g/mol. The van der Waals surface area contributed by atoms with E-state index in [-0.39, 0.29) is 10.7 Å². The molecule has 6 nitrogen and oxygen atoms in total. The molecular formula is C22H27N3O3S3. The van der Waals surface area contributed by atoms with Crippen molar-refractivity contribution in [3.63, 3.8) is 0 Å². The summed E-state index contributed by atoms with van der Waals surface area (Å²) >= 11 is 3.32. The molecule has 4 rings (SSSR count). The smallest absolute Gasteiger partial charge is 0.261 e. The van der Waals surface area contributed by atoms with Crippen molar-refractivity contribution in [3.05, 3.63) is 50.9 Å². The van der Waals surface area contributed by atoms with E-state index in [1.165, 1.54) is 32.1 Å². The summed E-state index contributed by atoms with van der Waals surface area (Å²) in [6.45, 7) is 5.76. The second kappa shape index (κ2) is 8.96. The first kappa shape index (κ1) is 22.4. The summed E-state index contributed by atoms with van der Waals surface area (Å²) in [5.41, 5.74) is 1.88. The molecule has 3 aliphatic rings. The first-order valence-corrected chi connectivity index (χ1v) is 13.8. The number of anilines is 1. The summed E-state index contributed by atoms with van der Waals surface area (Å²) in [6.07, 6.45) is 6.33. The van der Waals surface area contributed by atoms with Gasteiger partial charge in [0.25, 0.3) is 10.0 Å². The maximum atomic E-state index is 13.0. The first-order chi connectivity index (χ1) is 14.8. The highest BCUT2D eigenvalue weighted by Gasteiger charge is 2.27. The zero-order valence-corrected chi connectivity index (χ0v) is 20.4. The maximum Gasteiger partial charge on any atom is 0.354 e. The number of thioether (sulfide) groups is 1. The number of sulfonamides is 1. The number of fused-ring (bicyclic) bond motifs is 1. The highest BCUT2D eigenvalue weighted by atomic mass is 32.2. The number of rotatable bonds is 6. The predicted octanol–water partition coefficient (Wildman–Crippen LogP) is 5.13. The fraction of sp³-hybridized carbons (Fsp3) is 0.455. The number of hydrogen-bond donors (Lipinski definition) is 1. The molecule has 1 saturated carbocycles. The Hall–Kier alpha value is -1.84. The minimum atomic E-state index is -3.85. The number of aryl methyl sites for hydroxylation is 2. The van der Waals surface area contributed by atoms with E-state index in [4.69, 9.17) is 0 Å². The molecule has 0 spiro atoms. The Morgan fingerprint density at radius 3 is 2.48 bits per heavy atom. The van der Waals surface area contributed by atoms with Crippen LogP contribution in [0, 0.1) is 26.7 Å². The Balaban J connectivity index is 1.71. The van der Waals surface area contributed by atoms with Gasteiger partial charge in [-0.25, -0.2) is 13.2 Å². The Labute approximate surface area is 191 Å². The van der Waals surface area contributed by atoms with Gasteiger partial charge in [0.05, 0.1) is 9.10 Å². The minimum absolute atomic E-state index is 0.107. The van der Waals surface area contributed by atoms with Crippen molar-refractivity contribution >= 4 is 38.9 Å². The van der Waals surface area contributed by atoms with Crippen LogP contribution in [0.5, 0.6) is 0 Å². The summed E-state index contributed by atoms with van der Waals surface area (Å²) in [5.74, 6) is 1.74. The van der Waals surface area contributed by atoms with Crippen molar-refractivity contribution in [2.75, 3.05) is 10.5 Å². The van der Waals surface area contributed by atoms with Gasteiger partial charge in [0.15, 0.2) is 5.82 Å². The summed E-state index contributed by atoms with van der Waals surface area (Å²) < 4.78 is 31.0. The van der Waals surface area contributed by atoms with E-state index >= 15 is 0 Å². The molecule has 0 amide bonds. The molecule has 0 saturated heterocycles. The average Bonchev–Trinajstić information content (AvgIpc) is 3.06. The van der Waals surface area contributed by atoms with Crippen LogP contribution >= 0.6 is 23.1 Å². The van der Waals surface area contributed by atoms with Gasteiger partial charge in [-0.2, -0.15) is 4.98 Å². The number of imidazole rings is 1. The fourth-order valence-corrected chi connectivity index (χ4v) is 7.61. The summed E-state index contributed by atoms with van der Waals surface area (Å²) in [7, 11) is -3.85. The van der Waals surface area contributed by atoms with Gasteiger partial charge in [0.2, 0.25) is 0 Å². The van der Waals surface area contributed by atoms with E-state index in [2.05, 4.69) is 9.71 Å². The van der Waals surface area contributed by atoms with Gasteiger partial charge in [0, 0.05) is 16.3 Å². The van der Waals surface area contributed by atoms with E-state index in [0.717, 1.165) is 26.1 Å². The SMILES string of the molecule is Cc1ccc(S(=O)(=O)Nc2nc(=O)n3c(C)c(C)sc(SCC4CCCCC4)c2-3)cc1. The van der Waals surface area contributed by atoms with Crippen LogP contribution in [0.4, 0.5) is 5.82 Å². The van der Waals surface area contributed by atoms with Crippen LogP contribution in [-0.4, -0.2) is 23.7 Å². The van der Waals surface area contributed by atoms with E-state index in [0.29, 0.717) is 11.6 Å². The fourth-order valence-electron chi connectivity index (χ4n) is 3.94. The third kappa shape index (κ3) is 4.68. The molecular weight excluding hydrogens is 450 g/mol. The molecule has 166 valence electrons. The van der Waals surface area contributed by atoms with Crippen LogP contribution in [0.25, 0.3) is 5.69 Å². The molecule has 0 bridgehead atoms. The molecule has 1 aliphatic carbocycles. The Bertz CT molecular complexity index is 1210. The first-order valence-electron chi connectivity index (χ1n) is 10.5. The van der Waals surface area contributed by atoms with Gasteiger partial charge in [-0.15, -0.1) is 23.1 Å². The lowest BCUT2D eigenvalue weighted by atomic mass is 9.91. The van der Waals surface area contributed by atoms with Crippen LogP contribution in [0.2, 0.25) is 0 Å². The third-order valence-electron chi connectivity index (χ3n) is 5.87. The van der Waals surface area contributed by atoms with Gasteiger partial charge in [0.1, 0.15) is 5.69 Å². The van der Waals surface area contributed by atoms with Crippen molar-refractivity contribution in [1.82, 2.24) is 9.55 Å². The predicted molar refractivity (Wildman–Crippen MR) is 128 cm³/mol. The Kier molecular flexibility index (Phi) is 6.46. The van der Waals surface area contributed by atoms with Crippen LogP contribution in [0.15, 0.2) is 38.2 Å². The second-order valence-electron chi connectivity index (χ2n) is 8.19. The molecule has 1 aromatic rings. The van der Waals surface area contributed by atoms with Gasteiger partial charge in [-0.3, -0.25) is 9.29 Å². The van der Waals surface area contributed by atoms with Gasteiger partial charge >= 0.3 is 5.69 Å². The van der Waals surface area contributed by atoms with Crippen molar-refractivity contribution in [3.8, 4) is 5.69 Å². The van der Waals surface area contributed by atoms with Crippen LogP contribution in [-0.2, 0) is 10.0 Å². The largest absolute Gasteiger partial charge is 0.354 e. The van der Waals surface area contributed by atoms with Crippen molar-refractivity contribution < 1.29 is 8.42 Å². The number of hydrogen-bond acceptors (Lipinski definition) is 6. The van der Waals surface area contributed by atoms with Crippen molar-refractivity contribution in [2.24, 2.45) is 5.92 Å². The molecule has 0 radical (unpaired) electrons. The van der Waals surface area contributed by atoms with Crippen LogP contribution in [0.1, 0.15) is 48.2 Å². The molecule has 0 unspecified atom stereocenters. The van der Waals surface area contributed by atoms with Crippen molar-refractivity contribution in [1.29, 1.82) is 0 Å². The molecule has 31 heavy (non-hydrogen) atoms. The third-order valence-corrected chi connectivity index (χ3v) is 9.90. The molecule has 0 atom stereocenters. The molecule has 9 heteroatoms. The van der Waals surface area contributed by atoms with E-state index < -0.39 is 15.7 Å². The van der Waals surface area contributed by atoms with E-state index in [1.54, 1.807) is 51.9 Å². The molecule has 2 heterocycles. The highest BCUT2D eigenvalue weighted by molar-refractivity contribution is 8.01. The van der Waals surface area contributed by atoms with Crippen LogP contribution in [0.3, 0.4) is 0 Å². The molecule has 0 aromatic heterocycles. The van der Waals surface area contributed by atoms with E-state index in [9.17, 15) is 13.2 Å². The van der Waals surface area contributed by atoms with Crippen LogP contribution < -0.4 is 10.4 Å². The van der Waals surface area contributed by atoms with E-state index in [1.807, 2.05) is 20.8 Å². The zero-order chi connectivity index (χ0) is 22.2. The zero-order valence-electron chi connectivity index (χ0n) is 18.0. The topological polar surface area (TPSA) is 81.1 Å².